The molecule has 0 bridgehead atoms. The van der Waals surface area contributed by atoms with Crippen LogP contribution >= 0.6 is 0 Å². The second-order valence-corrected chi connectivity index (χ2v) is 5.51. The van der Waals surface area contributed by atoms with Crippen LogP contribution in [-0.2, 0) is 9.53 Å². The molecular weight excluding hydrogens is 230 g/mol. The first kappa shape index (κ1) is 12.4. The number of carbonyl (C=O) groups is 1. The van der Waals surface area contributed by atoms with Crippen LogP contribution in [0, 0.1) is 0 Å². The van der Waals surface area contributed by atoms with Gasteiger partial charge in [-0.2, -0.15) is 0 Å². The van der Waals surface area contributed by atoms with Crippen molar-refractivity contribution >= 4 is 5.91 Å². The van der Waals surface area contributed by atoms with Gasteiger partial charge < -0.3 is 15.0 Å². The molecule has 0 aliphatic carbocycles. The van der Waals surface area contributed by atoms with E-state index in [1.807, 2.05) is 4.90 Å². The normalized spacial score (nSPS) is 34.1. The van der Waals surface area contributed by atoms with Gasteiger partial charge in [-0.15, -0.1) is 0 Å². The number of hydrogen-bond donors (Lipinski definition) is 1. The van der Waals surface area contributed by atoms with Crippen LogP contribution in [0.5, 0.6) is 0 Å². The van der Waals surface area contributed by atoms with Gasteiger partial charge in [0.1, 0.15) is 6.10 Å². The zero-order valence-corrected chi connectivity index (χ0v) is 10.9. The van der Waals surface area contributed by atoms with E-state index in [0.29, 0.717) is 6.04 Å². The summed E-state index contributed by atoms with van der Waals surface area (Å²) in [6.45, 7) is 6.96. The molecule has 0 aromatic carbocycles. The van der Waals surface area contributed by atoms with Crippen LogP contribution in [0.2, 0.25) is 0 Å². The highest BCUT2D eigenvalue weighted by molar-refractivity contribution is 5.81. The number of ether oxygens (including phenoxy) is 1. The van der Waals surface area contributed by atoms with Gasteiger partial charge in [-0.25, -0.2) is 0 Å². The van der Waals surface area contributed by atoms with Crippen LogP contribution in [0.4, 0.5) is 0 Å². The molecule has 3 aliphatic rings. The van der Waals surface area contributed by atoms with Gasteiger partial charge in [0.25, 0.3) is 5.91 Å². The van der Waals surface area contributed by atoms with Gasteiger partial charge in [0.05, 0.1) is 0 Å². The van der Waals surface area contributed by atoms with E-state index in [9.17, 15) is 4.79 Å². The molecule has 5 nitrogen and oxygen atoms in total. The molecule has 3 saturated heterocycles. The Hall–Kier alpha value is -0.650. The van der Waals surface area contributed by atoms with E-state index in [0.717, 1.165) is 65.1 Å². The Morgan fingerprint density at radius 2 is 2.00 bits per heavy atom. The van der Waals surface area contributed by atoms with Crippen LogP contribution < -0.4 is 5.32 Å². The fourth-order valence-corrected chi connectivity index (χ4v) is 3.26. The lowest BCUT2D eigenvalue weighted by Crippen LogP contribution is -2.49. The van der Waals surface area contributed by atoms with Gasteiger partial charge in [-0.3, -0.25) is 9.69 Å². The number of piperazine rings is 1. The van der Waals surface area contributed by atoms with Crippen molar-refractivity contribution in [1.82, 2.24) is 15.1 Å². The van der Waals surface area contributed by atoms with Gasteiger partial charge in [0.15, 0.2) is 0 Å². The van der Waals surface area contributed by atoms with Crippen molar-refractivity contribution in [1.29, 1.82) is 0 Å². The monoisotopic (exact) mass is 253 g/mol. The van der Waals surface area contributed by atoms with Crippen molar-refractivity contribution in [3.05, 3.63) is 0 Å². The average molecular weight is 253 g/mol. The molecule has 3 rings (SSSR count). The minimum Gasteiger partial charge on any atom is -0.368 e. The van der Waals surface area contributed by atoms with Crippen LogP contribution in [-0.4, -0.2) is 73.7 Å². The molecule has 2 unspecified atom stereocenters. The van der Waals surface area contributed by atoms with E-state index in [2.05, 4.69) is 10.2 Å². The van der Waals surface area contributed by atoms with E-state index in [1.165, 1.54) is 0 Å². The lowest BCUT2D eigenvalue weighted by molar-refractivity contribution is -0.140. The maximum atomic E-state index is 12.2. The molecule has 0 aromatic rings. The smallest absolute Gasteiger partial charge is 0.251 e. The van der Waals surface area contributed by atoms with Crippen molar-refractivity contribution in [2.24, 2.45) is 0 Å². The van der Waals surface area contributed by atoms with Gasteiger partial charge in [-0.1, -0.05) is 0 Å². The van der Waals surface area contributed by atoms with Crippen LogP contribution in [0.1, 0.15) is 19.3 Å². The summed E-state index contributed by atoms with van der Waals surface area (Å²) in [5.74, 6) is 0.227. The minimum absolute atomic E-state index is 0.147. The number of amides is 1. The van der Waals surface area contributed by atoms with E-state index in [1.54, 1.807) is 0 Å². The Morgan fingerprint density at radius 3 is 2.72 bits per heavy atom. The second kappa shape index (κ2) is 5.55. The first-order valence-electron chi connectivity index (χ1n) is 7.20. The van der Waals surface area contributed by atoms with E-state index in [-0.39, 0.29) is 12.0 Å². The minimum atomic E-state index is -0.147. The zero-order chi connectivity index (χ0) is 12.4. The topological polar surface area (TPSA) is 44.8 Å². The molecule has 18 heavy (non-hydrogen) atoms. The summed E-state index contributed by atoms with van der Waals surface area (Å²) in [5, 5.41) is 3.37. The van der Waals surface area contributed by atoms with E-state index < -0.39 is 0 Å². The summed E-state index contributed by atoms with van der Waals surface area (Å²) in [4.78, 5) is 16.8. The lowest BCUT2D eigenvalue weighted by Gasteiger charge is -2.32. The summed E-state index contributed by atoms with van der Waals surface area (Å²) < 4.78 is 5.49. The van der Waals surface area contributed by atoms with Crippen LogP contribution in [0.15, 0.2) is 0 Å². The third-order valence-electron chi connectivity index (χ3n) is 4.35. The van der Waals surface area contributed by atoms with Crippen molar-refractivity contribution in [3.8, 4) is 0 Å². The Bertz CT molecular complexity index is 299. The predicted molar refractivity (Wildman–Crippen MR) is 68.4 cm³/mol. The largest absolute Gasteiger partial charge is 0.368 e. The number of carbonyl (C=O) groups excluding carboxylic acids is 1. The number of nitrogens with zero attached hydrogens (tertiary/aromatic N) is 2. The molecular formula is C13H23N3O2. The molecule has 3 fully saturated rings. The highest BCUT2D eigenvalue weighted by Crippen LogP contribution is 2.21. The highest BCUT2D eigenvalue weighted by Gasteiger charge is 2.35. The molecule has 1 N–H and O–H groups in total. The van der Waals surface area contributed by atoms with E-state index in [4.69, 9.17) is 4.74 Å². The third kappa shape index (κ3) is 2.53. The van der Waals surface area contributed by atoms with E-state index >= 15 is 0 Å². The summed E-state index contributed by atoms with van der Waals surface area (Å²) in [5.41, 5.74) is 0. The standard InChI is InChI=1S/C13H23N3O2/c17-13(12-2-1-9-18-12)16-6-3-11(10-16)15-7-4-14-5-8-15/h11-12,14H,1-10H2. The Balaban J connectivity index is 1.52. The molecule has 3 aliphatic heterocycles. The predicted octanol–water partition coefficient (Wildman–Crippen LogP) is -0.328. The van der Waals surface area contributed by atoms with Crippen LogP contribution in [0.3, 0.4) is 0 Å². The fourth-order valence-electron chi connectivity index (χ4n) is 3.26. The van der Waals surface area contributed by atoms with Gasteiger partial charge in [-0.05, 0) is 19.3 Å². The first-order valence-corrected chi connectivity index (χ1v) is 7.20. The average Bonchev–Trinajstić information content (AvgIpc) is 3.10. The highest BCUT2D eigenvalue weighted by atomic mass is 16.5. The molecule has 0 spiro atoms. The number of likely N-dealkylation sites (tertiary alicyclic amines) is 1. The zero-order valence-electron chi connectivity index (χ0n) is 10.9. The molecule has 3 heterocycles. The number of rotatable bonds is 2. The number of hydrogen-bond acceptors (Lipinski definition) is 4. The fraction of sp³-hybridized carbons (Fsp3) is 0.923. The van der Waals surface area contributed by atoms with Crippen molar-refractivity contribution in [2.45, 2.75) is 31.4 Å². The van der Waals surface area contributed by atoms with Gasteiger partial charge >= 0.3 is 0 Å². The lowest BCUT2D eigenvalue weighted by atomic mass is 10.2. The molecule has 102 valence electrons. The van der Waals surface area contributed by atoms with Crippen LogP contribution in [0.25, 0.3) is 0 Å². The maximum Gasteiger partial charge on any atom is 0.251 e. The second-order valence-electron chi connectivity index (χ2n) is 5.51. The van der Waals surface area contributed by atoms with Crippen molar-refractivity contribution in [3.63, 3.8) is 0 Å². The molecule has 2 atom stereocenters. The first-order chi connectivity index (χ1) is 8.84. The van der Waals surface area contributed by atoms with Crippen molar-refractivity contribution in [2.75, 3.05) is 45.9 Å². The van der Waals surface area contributed by atoms with Gasteiger partial charge in [0.2, 0.25) is 0 Å². The summed E-state index contributed by atoms with van der Waals surface area (Å²) >= 11 is 0. The Labute approximate surface area is 108 Å². The molecule has 1 amide bonds. The third-order valence-corrected chi connectivity index (χ3v) is 4.35. The SMILES string of the molecule is O=C(C1CCCO1)N1CCC(N2CCNCC2)C1. The summed E-state index contributed by atoms with van der Waals surface area (Å²) in [7, 11) is 0. The molecule has 0 radical (unpaired) electrons. The Kier molecular flexibility index (Phi) is 3.82. The van der Waals surface area contributed by atoms with Gasteiger partial charge in [0, 0.05) is 51.9 Å². The quantitative estimate of drug-likeness (QED) is 0.732. The maximum absolute atomic E-state index is 12.2. The molecule has 0 saturated carbocycles. The Morgan fingerprint density at radius 1 is 1.17 bits per heavy atom. The number of nitrogens with one attached hydrogen (secondary N) is 1. The molecule has 0 aromatic heterocycles. The molecule has 5 heteroatoms. The summed E-state index contributed by atoms with van der Waals surface area (Å²) in [6.07, 6.45) is 2.92. The van der Waals surface area contributed by atoms with Crippen molar-refractivity contribution < 1.29 is 9.53 Å². The summed E-state index contributed by atoms with van der Waals surface area (Å²) in [6, 6.07) is 0.567.